The van der Waals surface area contributed by atoms with Crippen molar-refractivity contribution in [1.82, 2.24) is 14.5 Å². The van der Waals surface area contributed by atoms with E-state index in [1.807, 2.05) is 64.1 Å². The van der Waals surface area contributed by atoms with Crippen molar-refractivity contribution >= 4 is 15.9 Å². The summed E-state index contributed by atoms with van der Waals surface area (Å²) in [6, 6.07) is 17.0. The molecule has 2 aromatic carbocycles. The van der Waals surface area contributed by atoms with Gasteiger partial charge in [0.2, 0.25) is 10.0 Å². The van der Waals surface area contributed by atoms with Crippen LogP contribution >= 0.6 is 0 Å². The second-order valence-electron chi connectivity index (χ2n) is 7.51. The molecule has 0 bridgehead atoms. The Morgan fingerprint density at radius 1 is 1.03 bits per heavy atom. The summed E-state index contributed by atoms with van der Waals surface area (Å²) in [6.45, 7) is 7.42. The number of hydrogen-bond donors (Lipinski definition) is 1. The fraction of sp³-hybridized carbons (Fsp3) is 0.304. The number of rotatable bonds is 7. The molecule has 0 unspecified atom stereocenters. The van der Waals surface area contributed by atoms with Gasteiger partial charge in [-0.25, -0.2) is 17.8 Å². The van der Waals surface area contributed by atoms with E-state index < -0.39 is 22.0 Å². The quantitative estimate of drug-likeness (QED) is 0.615. The lowest BCUT2D eigenvalue weighted by Crippen LogP contribution is -2.39. The minimum atomic E-state index is -3.83. The van der Waals surface area contributed by atoms with E-state index in [1.165, 1.54) is 4.68 Å². The predicted molar refractivity (Wildman–Crippen MR) is 117 cm³/mol. The molecule has 7 heteroatoms. The number of benzene rings is 2. The van der Waals surface area contributed by atoms with Gasteiger partial charge in [0.05, 0.1) is 22.5 Å². The molecular formula is C23H27N3O3S. The first-order chi connectivity index (χ1) is 14.2. The van der Waals surface area contributed by atoms with Crippen LogP contribution in [0.4, 0.5) is 0 Å². The predicted octanol–water partition coefficient (Wildman–Crippen LogP) is 4.19. The molecule has 3 aromatic rings. The molecule has 0 fully saturated rings. The van der Waals surface area contributed by atoms with Crippen LogP contribution in [0.3, 0.4) is 0 Å². The molecule has 0 aliphatic heterocycles. The highest BCUT2D eigenvalue weighted by Crippen LogP contribution is 2.29. The topological polar surface area (TPSA) is 81.1 Å². The zero-order chi connectivity index (χ0) is 21.9. The van der Waals surface area contributed by atoms with Gasteiger partial charge < -0.3 is 0 Å². The molecule has 3 rings (SSSR count). The van der Waals surface area contributed by atoms with Crippen molar-refractivity contribution in [1.29, 1.82) is 0 Å². The number of aryl methyl sites for hydroxylation is 3. The van der Waals surface area contributed by atoms with Gasteiger partial charge in [-0.1, -0.05) is 55.0 Å². The minimum Gasteiger partial charge on any atom is -0.272 e. The minimum absolute atomic E-state index is 0.169. The summed E-state index contributed by atoms with van der Waals surface area (Å²) in [6.07, 6.45) is 0.452. The van der Waals surface area contributed by atoms with E-state index in [9.17, 15) is 13.2 Å². The second-order valence-corrected chi connectivity index (χ2v) is 9.23. The van der Waals surface area contributed by atoms with E-state index in [0.717, 1.165) is 22.5 Å². The Bertz CT molecular complexity index is 1120. The number of nitrogens with one attached hydrogen (secondary N) is 1. The van der Waals surface area contributed by atoms with Gasteiger partial charge in [0.25, 0.3) is 5.91 Å². The van der Waals surface area contributed by atoms with E-state index in [4.69, 9.17) is 0 Å². The smallest absolute Gasteiger partial charge is 0.252 e. The van der Waals surface area contributed by atoms with Gasteiger partial charge in [0.1, 0.15) is 0 Å². The van der Waals surface area contributed by atoms with Crippen LogP contribution in [-0.4, -0.2) is 24.1 Å². The first-order valence-electron chi connectivity index (χ1n) is 9.94. The van der Waals surface area contributed by atoms with Gasteiger partial charge in [-0.3, -0.25) is 4.79 Å². The molecule has 0 aliphatic rings. The second kappa shape index (κ2) is 8.93. The third kappa shape index (κ3) is 4.68. The number of sulfonamides is 1. The third-order valence-electron chi connectivity index (χ3n) is 5.15. The van der Waals surface area contributed by atoms with Crippen LogP contribution in [0.2, 0.25) is 0 Å². The molecule has 1 heterocycles. The van der Waals surface area contributed by atoms with Crippen LogP contribution in [0.5, 0.6) is 0 Å². The summed E-state index contributed by atoms with van der Waals surface area (Å²) in [5, 5.41) is 4.31. The Hall–Kier alpha value is -2.77. The summed E-state index contributed by atoms with van der Waals surface area (Å²) in [4.78, 5) is 13.5. The maximum atomic E-state index is 13.4. The zero-order valence-electron chi connectivity index (χ0n) is 17.7. The van der Waals surface area contributed by atoms with E-state index >= 15 is 0 Å². The number of aromatic nitrogens is 2. The van der Waals surface area contributed by atoms with Gasteiger partial charge in [0.15, 0.2) is 0 Å². The molecule has 0 saturated carbocycles. The largest absolute Gasteiger partial charge is 0.272 e. The standard InChI is InChI=1S/C23H27N3O3S/c1-5-21(23(27)26-18(4)15-17(3)24-26)22(19-9-7-6-8-10-19)25-30(28,29)20-13-11-16(2)12-14-20/h6-15,21-22,25H,5H2,1-4H3/t21-,22-/m0/s1. The average molecular weight is 426 g/mol. The first-order valence-corrected chi connectivity index (χ1v) is 11.4. The number of carbonyl (C=O) groups excluding carboxylic acids is 1. The van der Waals surface area contributed by atoms with Crippen molar-refractivity contribution in [3.8, 4) is 0 Å². The van der Waals surface area contributed by atoms with Crippen molar-refractivity contribution < 1.29 is 13.2 Å². The molecule has 158 valence electrons. The lowest BCUT2D eigenvalue weighted by Gasteiger charge is -2.27. The molecule has 1 aromatic heterocycles. The van der Waals surface area contributed by atoms with Crippen LogP contribution in [0.25, 0.3) is 0 Å². The highest BCUT2D eigenvalue weighted by atomic mass is 32.2. The highest BCUT2D eigenvalue weighted by molar-refractivity contribution is 7.89. The Morgan fingerprint density at radius 2 is 1.67 bits per heavy atom. The summed E-state index contributed by atoms with van der Waals surface area (Å²) in [5.74, 6) is -0.853. The van der Waals surface area contributed by atoms with E-state index in [2.05, 4.69) is 9.82 Å². The summed E-state index contributed by atoms with van der Waals surface area (Å²) < 4.78 is 30.4. The molecule has 2 atom stereocenters. The maximum Gasteiger partial charge on any atom is 0.252 e. The maximum absolute atomic E-state index is 13.4. The number of nitrogens with zero attached hydrogens (tertiary/aromatic N) is 2. The van der Waals surface area contributed by atoms with Gasteiger partial charge in [0, 0.05) is 5.69 Å². The van der Waals surface area contributed by atoms with Crippen LogP contribution in [0.15, 0.2) is 65.6 Å². The Balaban J connectivity index is 2.02. The fourth-order valence-corrected chi connectivity index (χ4v) is 4.82. The first kappa shape index (κ1) is 21.9. The van der Waals surface area contributed by atoms with Crippen LogP contribution in [-0.2, 0) is 10.0 Å². The van der Waals surface area contributed by atoms with Crippen LogP contribution < -0.4 is 4.72 Å². The molecule has 6 nitrogen and oxygen atoms in total. The van der Waals surface area contributed by atoms with Crippen LogP contribution in [0, 0.1) is 26.7 Å². The van der Waals surface area contributed by atoms with Crippen molar-refractivity contribution in [2.75, 3.05) is 0 Å². The average Bonchev–Trinajstić information content (AvgIpc) is 3.06. The van der Waals surface area contributed by atoms with Crippen molar-refractivity contribution in [2.45, 2.75) is 45.1 Å². The third-order valence-corrected chi connectivity index (χ3v) is 6.61. The summed E-state index contributed by atoms with van der Waals surface area (Å²) in [5.41, 5.74) is 3.17. The molecule has 1 N–H and O–H groups in total. The SMILES string of the molecule is CC[C@H](C(=O)n1nc(C)cc1C)[C@@H](NS(=O)(=O)c1ccc(C)cc1)c1ccccc1. The van der Waals surface area contributed by atoms with E-state index in [0.29, 0.717) is 6.42 Å². The lowest BCUT2D eigenvalue weighted by molar-refractivity contribution is 0.0783. The zero-order valence-corrected chi connectivity index (χ0v) is 18.5. The van der Waals surface area contributed by atoms with Gasteiger partial charge in [-0.05, 0) is 51.0 Å². The Morgan fingerprint density at radius 3 is 2.20 bits per heavy atom. The lowest BCUT2D eigenvalue weighted by atomic mass is 9.91. The monoisotopic (exact) mass is 425 g/mol. The molecule has 30 heavy (non-hydrogen) atoms. The van der Waals surface area contributed by atoms with Crippen molar-refractivity contribution in [3.63, 3.8) is 0 Å². The van der Waals surface area contributed by atoms with Crippen molar-refractivity contribution in [3.05, 3.63) is 83.2 Å². The number of hydrogen-bond acceptors (Lipinski definition) is 4. The molecule has 0 radical (unpaired) electrons. The van der Waals surface area contributed by atoms with E-state index in [-0.39, 0.29) is 10.8 Å². The highest BCUT2D eigenvalue weighted by Gasteiger charge is 2.33. The molecule has 0 saturated heterocycles. The van der Waals surface area contributed by atoms with Crippen LogP contribution in [0.1, 0.15) is 46.7 Å². The normalized spacial score (nSPS) is 13.7. The fourth-order valence-electron chi connectivity index (χ4n) is 3.56. The van der Waals surface area contributed by atoms with Gasteiger partial charge >= 0.3 is 0 Å². The summed E-state index contributed by atoms with van der Waals surface area (Å²) >= 11 is 0. The molecule has 0 spiro atoms. The van der Waals surface area contributed by atoms with Crippen molar-refractivity contribution in [2.24, 2.45) is 5.92 Å². The summed E-state index contributed by atoms with van der Waals surface area (Å²) in [7, 11) is -3.83. The molecule has 0 amide bonds. The molecule has 0 aliphatic carbocycles. The number of carbonyl (C=O) groups is 1. The van der Waals surface area contributed by atoms with Gasteiger partial charge in [-0.15, -0.1) is 0 Å². The Kier molecular flexibility index (Phi) is 6.53. The molecular weight excluding hydrogens is 398 g/mol. The van der Waals surface area contributed by atoms with E-state index in [1.54, 1.807) is 24.3 Å². The van der Waals surface area contributed by atoms with Gasteiger partial charge in [-0.2, -0.15) is 5.10 Å². The Labute approximate surface area is 178 Å².